The van der Waals surface area contributed by atoms with E-state index in [9.17, 15) is 12.8 Å². The van der Waals surface area contributed by atoms with Crippen LogP contribution in [0.3, 0.4) is 0 Å². The number of aryl methyl sites for hydroxylation is 1. The number of aromatic nitrogens is 1. The summed E-state index contributed by atoms with van der Waals surface area (Å²) >= 11 is 9.05. The first kappa shape index (κ1) is 15.2. The minimum atomic E-state index is -4.00. The fourth-order valence-electron chi connectivity index (χ4n) is 1.47. The van der Waals surface area contributed by atoms with E-state index in [1.165, 1.54) is 12.3 Å². The maximum Gasteiger partial charge on any atom is 0.264 e. The van der Waals surface area contributed by atoms with E-state index in [2.05, 4.69) is 25.6 Å². The molecule has 0 saturated carbocycles. The number of hydrogen-bond acceptors (Lipinski definition) is 3. The summed E-state index contributed by atoms with van der Waals surface area (Å²) in [5.74, 6) is -0.555. The lowest BCUT2D eigenvalue weighted by atomic mass is 10.3. The van der Waals surface area contributed by atoms with Gasteiger partial charge in [-0.3, -0.25) is 4.72 Å². The predicted molar refractivity (Wildman–Crippen MR) is 78.9 cm³/mol. The van der Waals surface area contributed by atoms with Crippen LogP contribution in [-0.4, -0.2) is 13.4 Å². The lowest BCUT2D eigenvalue weighted by Crippen LogP contribution is -2.14. The number of sulfonamides is 1. The van der Waals surface area contributed by atoms with Gasteiger partial charge in [-0.25, -0.2) is 17.8 Å². The number of pyridine rings is 1. The molecule has 0 atom stereocenters. The summed E-state index contributed by atoms with van der Waals surface area (Å²) in [6.45, 7) is 1.79. The Labute approximate surface area is 129 Å². The van der Waals surface area contributed by atoms with Crippen molar-refractivity contribution >= 4 is 43.4 Å². The Morgan fingerprint density at radius 3 is 2.70 bits per heavy atom. The zero-order chi connectivity index (χ0) is 14.9. The number of nitrogens with zero attached hydrogens (tertiary/aromatic N) is 1. The van der Waals surface area contributed by atoms with Crippen LogP contribution < -0.4 is 4.72 Å². The summed E-state index contributed by atoms with van der Waals surface area (Å²) in [6, 6.07) is 4.68. The van der Waals surface area contributed by atoms with Crippen LogP contribution >= 0.6 is 27.5 Å². The monoisotopic (exact) mass is 378 g/mol. The van der Waals surface area contributed by atoms with E-state index in [-0.39, 0.29) is 15.7 Å². The Morgan fingerprint density at radius 2 is 2.05 bits per heavy atom. The molecule has 0 fully saturated rings. The van der Waals surface area contributed by atoms with E-state index in [1.807, 2.05) is 0 Å². The number of anilines is 1. The van der Waals surface area contributed by atoms with Gasteiger partial charge in [0.05, 0.1) is 5.02 Å². The minimum absolute atomic E-state index is 0.0623. The molecule has 8 heteroatoms. The van der Waals surface area contributed by atoms with Gasteiger partial charge in [-0.2, -0.15) is 0 Å². The second-order valence-corrected chi connectivity index (χ2v) is 6.91. The fourth-order valence-corrected chi connectivity index (χ4v) is 3.20. The molecular formula is C12H9BrClFN2O2S. The number of nitrogens with one attached hydrogen (secondary N) is 1. The molecule has 0 radical (unpaired) electrons. The standard InChI is InChI=1S/C12H9BrClFN2O2S/c1-7-4-12(16-6-9(7)13)17-20(18,19)11-5-8(15)2-3-10(11)14/h2-6H,1H3,(H,16,17). The molecule has 0 amide bonds. The molecule has 0 bridgehead atoms. The molecular weight excluding hydrogens is 371 g/mol. The highest BCUT2D eigenvalue weighted by Gasteiger charge is 2.19. The second-order valence-electron chi connectivity index (χ2n) is 4.00. The van der Waals surface area contributed by atoms with Crippen molar-refractivity contribution in [3.63, 3.8) is 0 Å². The average Bonchev–Trinajstić information content (AvgIpc) is 2.36. The molecule has 0 spiro atoms. The van der Waals surface area contributed by atoms with E-state index in [1.54, 1.807) is 13.0 Å². The summed E-state index contributed by atoms with van der Waals surface area (Å²) in [7, 11) is -4.00. The fraction of sp³-hybridized carbons (Fsp3) is 0.0833. The van der Waals surface area contributed by atoms with Crippen molar-refractivity contribution in [1.82, 2.24) is 4.98 Å². The topological polar surface area (TPSA) is 59.1 Å². The van der Waals surface area contributed by atoms with Gasteiger partial charge in [0.25, 0.3) is 10.0 Å². The van der Waals surface area contributed by atoms with E-state index >= 15 is 0 Å². The van der Waals surface area contributed by atoms with Crippen molar-refractivity contribution < 1.29 is 12.8 Å². The summed E-state index contributed by atoms with van der Waals surface area (Å²) < 4.78 is 40.5. The van der Waals surface area contributed by atoms with Crippen LogP contribution in [0.5, 0.6) is 0 Å². The Bertz CT molecular complexity index is 768. The van der Waals surface area contributed by atoms with Crippen molar-refractivity contribution in [2.45, 2.75) is 11.8 Å². The van der Waals surface area contributed by atoms with Crippen LogP contribution in [0.4, 0.5) is 10.2 Å². The van der Waals surface area contributed by atoms with Gasteiger partial charge in [0.2, 0.25) is 0 Å². The molecule has 2 aromatic rings. The third-order valence-electron chi connectivity index (χ3n) is 2.47. The molecule has 0 saturated heterocycles. The van der Waals surface area contributed by atoms with Crippen molar-refractivity contribution in [3.05, 3.63) is 51.3 Å². The first-order chi connectivity index (χ1) is 9.29. The first-order valence-electron chi connectivity index (χ1n) is 5.39. The Kier molecular flexibility index (Phi) is 4.31. The number of halogens is 3. The molecule has 0 aliphatic rings. The summed E-state index contributed by atoms with van der Waals surface area (Å²) in [6.07, 6.45) is 1.47. The van der Waals surface area contributed by atoms with Crippen LogP contribution in [0.1, 0.15) is 5.56 Å². The van der Waals surface area contributed by atoms with Gasteiger partial charge in [0, 0.05) is 10.7 Å². The molecule has 4 nitrogen and oxygen atoms in total. The maximum absolute atomic E-state index is 13.2. The van der Waals surface area contributed by atoms with E-state index in [0.29, 0.717) is 0 Å². The average molecular weight is 380 g/mol. The van der Waals surface area contributed by atoms with Gasteiger partial charge >= 0.3 is 0 Å². The van der Waals surface area contributed by atoms with Crippen molar-refractivity contribution in [2.24, 2.45) is 0 Å². The van der Waals surface area contributed by atoms with Crippen LogP contribution in [0, 0.1) is 12.7 Å². The van der Waals surface area contributed by atoms with Gasteiger partial charge in [-0.15, -0.1) is 0 Å². The predicted octanol–water partition coefficient (Wildman–Crippen LogP) is 3.75. The number of rotatable bonds is 3. The molecule has 1 N–H and O–H groups in total. The summed E-state index contributed by atoms with van der Waals surface area (Å²) in [5, 5.41) is -0.0623. The maximum atomic E-state index is 13.2. The minimum Gasteiger partial charge on any atom is -0.263 e. The number of hydrogen-bond donors (Lipinski definition) is 1. The third kappa shape index (κ3) is 3.28. The molecule has 1 heterocycles. The molecule has 1 aromatic carbocycles. The Morgan fingerprint density at radius 1 is 1.35 bits per heavy atom. The Hall–Kier alpha value is -1.18. The number of benzene rings is 1. The summed E-state index contributed by atoms with van der Waals surface area (Å²) in [5.41, 5.74) is 0.808. The molecule has 2 rings (SSSR count). The van der Waals surface area contributed by atoms with Gasteiger partial charge < -0.3 is 0 Å². The van der Waals surface area contributed by atoms with Gasteiger partial charge in [-0.1, -0.05) is 11.6 Å². The van der Waals surface area contributed by atoms with E-state index < -0.39 is 15.8 Å². The van der Waals surface area contributed by atoms with Crippen LogP contribution in [0.15, 0.2) is 39.8 Å². The van der Waals surface area contributed by atoms with Crippen molar-refractivity contribution in [3.8, 4) is 0 Å². The van der Waals surface area contributed by atoms with Gasteiger partial charge in [0.15, 0.2) is 0 Å². The SMILES string of the molecule is Cc1cc(NS(=O)(=O)c2cc(F)ccc2Cl)ncc1Br. The van der Waals surface area contributed by atoms with Gasteiger partial charge in [-0.05, 0) is 52.7 Å². The molecule has 20 heavy (non-hydrogen) atoms. The molecule has 0 aliphatic heterocycles. The third-order valence-corrected chi connectivity index (χ3v) is 5.14. The van der Waals surface area contributed by atoms with Crippen LogP contribution in [-0.2, 0) is 10.0 Å². The molecule has 106 valence electrons. The van der Waals surface area contributed by atoms with Crippen LogP contribution in [0.25, 0.3) is 0 Å². The largest absolute Gasteiger partial charge is 0.264 e. The molecule has 0 aliphatic carbocycles. The van der Waals surface area contributed by atoms with E-state index in [0.717, 1.165) is 22.2 Å². The molecule has 1 aromatic heterocycles. The van der Waals surface area contributed by atoms with E-state index in [4.69, 9.17) is 11.6 Å². The lowest BCUT2D eigenvalue weighted by Gasteiger charge is -2.09. The van der Waals surface area contributed by atoms with Crippen molar-refractivity contribution in [2.75, 3.05) is 4.72 Å². The van der Waals surface area contributed by atoms with Gasteiger partial charge in [0.1, 0.15) is 16.5 Å². The quantitative estimate of drug-likeness (QED) is 0.883. The van der Waals surface area contributed by atoms with Crippen molar-refractivity contribution in [1.29, 1.82) is 0 Å². The summed E-state index contributed by atoms with van der Waals surface area (Å²) in [4.78, 5) is 3.60. The zero-order valence-corrected chi connectivity index (χ0v) is 13.4. The lowest BCUT2D eigenvalue weighted by molar-refractivity contribution is 0.595. The smallest absolute Gasteiger partial charge is 0.263 e. The highest BCUT2D eigenvalue weighted by Crippen LogP contribution is 2.25. The molecule has 0 unspecified atom stereocenters. The second kappa shape index (κ2) is 5.67. The Balaban J connectivity index is 2.40. The highest BCUT2D eigenvalue weighted by atomic mass is 79.9. The van der Waals surface area contributed by atoms with Crippen LogP contribution in [0.2, 0.25) is 5.02 Å². The first-order valence-corrected chi connectivity index (χ1v) is 8.05. The normalized spacial score (nSPS) is 11.4. The highest BCUT2D eigenvalue weighted by molar-refractivity contribution is 9.10. The zero-order valence-electron chi connectivity index (χ0n) is 10.2.